The Hall–Kier alpha value is -4.82. The SMILES string of the molecule is Cc1nc(F)ccc1[C@H](Nc1cc(C#N)c2ncc(C#N)c(NCC(C)(C)C)c2c1)c1cn(C2(C(F)(F)F)COC2)nn1. The number of aromatic nitrogens is 5. The Morgan fingerprint density at radius 3 is 2.42 bits per heavy atom. The van der Waals surface area contributed by atoms with E-state index in [1.54, 1.807) is 13.0 Å². The van der Waals surface area contributed by atoms with E-state index in [1.807, 2.05) is 20.8 Å². The largest absolute Gasteiger partial charge is 0.418 e. The van der Waals surface area contributed by atoms with Gasteiger partial charge in [0.1, 0.15) is 17.8 Å². The van der Waals surface area contributed by atoms with Crippen LogP contribution in [0.4, 0.5) is 28.9 Å². The van der Waals surface area contributed by atoms with Crippen LogP contribution in [0, 0.1) is 40.9 Å². The number of alkyl halides is 3. The summed E-state index contributed by atoms with van der Waals surface area (Å²) in [4.78, 5) is 8.23. The lowest BCUT2D eigenvalue weighted by Crippen LogP contribution is -2.61. The molecule has 43 heavy (non-hydrogen) atoms. The van der Waals surface area contributed by atoms with E-state index in [-0.39, 0.29) is 27.9 Å². The minimum Gasteiger partial charge on any atom is -0.383 e. The molecule has 0 unspecified atom stereocenters. The second kappa shape index (κ2) is 10.8. The van der Waals surface area contributed by atoms with Crippen molar-refractivity contribution < 1.29 is 22.3 Å². The molecule has 3 aromatic heterocycles. The first-order chi connectivity index (χ1) is 20.3. The van der Waals surface area contributed by atoms with Gasteiger partial charge in [0.25, 0.3) is 0 Å². The maximum absolute atomic E-state index is 14.0. The molecule has 0 bridgehead atoms. The Balaban J connectivity index is 1.64. The average molecular weight is 594 g/mol. The Kier molecular flexibility index (Phi) is 7.44. The molecule has 0 saturated carbocycles. The third-order valence-electron chi connectivity index (χ3n) is 7.18. The molecule has 4 heterocycles. The van der Waals surface area contributed by atoms with Gasteiger partial charge in [-0.15, -0.1) is 5.10 Å². The highest BCUT2D eigenvalue weighted by Gasteiger charge is 2.62. The molecule has 1 aliphatic rings. The van der Waals surface area contributed by atoms with Gasteiger partial charge in [0.05, 0.1) is 47.8 Å². The minimum absolute atomic E-state index is 0.0978. The highest BCUT2D eigenvalue weighted by Crippen LogP contribution is 2.43. The molecule has 1 aromatic carbocycles. The van der Waals surface area contributed by atoms with Crippen molar-refractivity contribution >= 4 is 22.3 Å². The summed E-state index contributed by atoms with van der Waals surface area (Å²) in [6.07, 6.45) is -2.07. The smallest absolute Gasteiger partial charge is 0.383 e. The Labute approximate surface area is 244 Å². The Morgan fingerprint density at radius 1 is 1.12 bits per heavy atom. The van der Waals surface area contributed by atoms with Crippen molar-refractivity contribution in [2.75, 3.05) is 30.4 Å². The molecule has 222 valence electrons. The van der Waals surface area contributed by atoms with Gasteiger partial charge in [-0.2, -0.15) is 28.1 Å². The van der Waals surface area contributed by atoms with Crippen molar-refractivity contribution in [2.45, 2.75) is 45.5 Å². The first-order valence-corrected chi connectivity index (χ1v) is 13.2. The normalized spacial score (nSPS) is 15.3. The number of hydrogen-bond donors (Lipinski definition) is 2. The fraction of sp³-hybridized carbons (Fsp3) is 0.379. The number of rotatable bonds is 7. The molecule has 10 nitrogen and oxygen atoms in total. The third kappa shape index (κ3) is 5.53. The number of anilines is 2. The van der Waals surface area contributed by atoms with E-state index < -0.39 is 36.9 Å². The summed E-state index contributed by atoms with van der Waals surface area (Å²) in [6, 6.07) is 9.13. The molecule has 1 saturated heterocycles. The van der Waals surface area contributed by atoms with E-state index in [2.05, 4.69) is 43.1 Å². The molecule has 14 heteroatoms. The van der Waals surface area contributed by atoms with Gasteiger partial charge in [-0.1, -0.05) is 32.1 Å². The topological polar surface area (TPSA) is 137 Å². The van der Waals surface area contributed by atoms with E-state index in [0.29, 0.717) is 34.4 Å². The number of ether oxygens (including phenoxy) is 1. The highest BCUT2D eigenvalue weighted by molar-refractivity contribution is 5.99. The van der Waals surface area contributed by atoms with E-state index in [0.717, 1.165) is 10.7 Å². The standard InChI is InChI=1S/C29H27F4N9O/c1-16-20(5-6-23(30)38-16)26(22-12-42(41-40-22)28(14-43-15-28)29(31,32)33)39-19-7-17(9-34)24-21(8-19)25(18(10-35)11-36-24)37-13-27(2,3)4/h5-8,11-12,26,39H,13-15H2,1-4H3,(H,36,37)/t26-/m0/s1. The van der Waals surface area contributed by atoms with Crippen LogP contribution in [0.15, 0.2) is 36.7 Å². The summed E-state index contributed by atoms with van der Waals surface area (Å²) in [5.74, 6) is -0.728. The first kappa shape index (κ1) is 29.7. The van der Waals surface area contributed by atoms with Crippen molar-refractivity contribution in [1.29, 1.82) is 10.5 Å². The van der Waals surface area contributed by atoms with Crippen molar-refractivity contribution in [3.8, 4) is 12.1 Å². The zero-order chi connectivity index (χ0) is 31.2. The molecule has 2 N–H and O–H groups in total. The maximum atomic E-state index is 14.0. The van der Waals surface area contributed by atoms with Crippen LogP contribution in [0.2, 0.25) is 0 Å². The number of nitriles is 2. The second-order valence-corrected chi connectivity index (χ2v) is 11.6. The predicted molar refractivity (Wildman–Crippen MR) is 148 cm³/mol. The summed E-state index contributed by atoms with van der Waals surface area (Å²) in [5.41, 5.74) is -0.00811. The van der Waals surface area contributed by atoms with Crippen molar-refractivity contribution in [1.82, 2.24) is 25.0 Å². The summed E-state index contributed by atoms with van der Waals surface area (Å²) < 4.78 is 61.6. The number of fused-ring (bicyclic) bond motifs is 1. The number of aryl methyl sites for hydroxylation is 1. The van der Waals surface area contributed by atoms with Crippen LogP contribution in [-0.4, -0.2) is 50.9 Å². The molecule has 0 aliphatic carbocycles. The lowest BCUT2D eigenvalue weighted by Gasteiger charge is -2.41. The highest BCUT2D eigenvalue weighted by atomic mass is 19.4. The molecule has 0 spiro atoms. The molecule has 5 rings (SSSR count). The van der Waals surface area contributed by atoms with Crippen LogP contribution in [0.3, 0.4) is 0 Å². The second-order valence-electron chi connectivity index (χ2n) is 11.6. The minimum atomic E-state index is -4.64. The van der Waals surface area contributed by atoms with Gasteiger partial charge in [-0.25, -0.2) is 9.67 Å². The van der Waals surface area contributed by atoms with E-state index in [9.17, 15) is 28.1 Å². The van der Waals surface area contributed by atoms with E-state index >= 15 is 0 Å². The molecule has 0 amide bonds. The summed E-state index contributed by atoms with van der Waals surface area (Å²) in [7, 11) is 0. The van der Waals surface area contributed by atoms with Gasteiger partial charge in [0.15, 0.2) is 0 Å². The summed E-state index contributed by atoms with van der Waals surface area (Å²) in [5, 5.41) is 34.7. The Morgan fingerprint density at radius 2 is 1.84 bits per heavy atom. The van der Waals surface area contributed by atoms with Gasteiger partial charge < -0.3 is 15.4 Å². The van der Waals surface area contributed by atoms with Crippen molar-refractivity contribution in [3.63, 3.8) is 0 Å². The molecule has 1 atom stereocenters. The fourth-order valence-electron chi connectivity index (χ4n) is 4.76. The van der Waals surface area contributed by atoms with Gasteiger partial charge in [0, 0.05) is 35.1 Å². The number of nitrogens with one attached hydrogen (secondary N) is 2. The van der Waals surface area contributed by atoms with Crippen molar-refractivity contribution in [3.05, 3.63) is 70.7 Å². The number of halogens is 4. The maximum Gasteiger partial charge on any atom is 0.418 e. The molecular formula is C29H27F4N9O. The summed E-state index contributed by atoms with van der Waals surface area (Å²) >= 11 is 0. The lowest BCUT2D eigenvalue weighted by molar-refractivity contribution is -0.294. The van der Waals surface area contributed by atoms with Crippen LogP contribution in [-0.2, 0) is 10.3 Å². The number of hydrogen-bond acceptors (Lipinski definition) is 9. The number of benzene rings is 1. The molecule has 1 fully saturated rings. The average Bonchev–Trinajstić information content (AvgIpc) is 3.37. The van der Waals surface area contributed by atoms with Crippen LogP contribution < -0.4 is 10.6 Å². The molecule has 0 radical (unpaired) electrons. The zero-order valence-electron chi connectivity index (χ0n) is 23.7. The van der Waals surface area contributed by atoms with Gasteiger partial charge in [0.2, 0.25) is 11.5 Å². The first-order valence-electron chi connectivity index (χ1n) is 13.2. The Bertz CT molecular complexity index is 1780. The molecular weight excluding hydrogens is 566 g/mol. The monoisotopic (exact) mass is 593 g/mol. The molecule has 1 aliphatic heterocycles. The summed E-state index contributed by atoms with van der Waals surface area (Å²) in [6.45, 7) is 6.94. The number of nitrogens with zero attached hydrogens (tertiary/aromatic N) is 7. The van der Waals surface area contributed by atoms with Gasteiger partial charge >= 0.3 is 6.18 Å². The molecule has 4 aromatic rings. The van der Waals surface area contributed by atoms with Crippen LogP contribution in [0.1, 0.15) is 54.9 Å². The van der Waals surface area contributed by atoms with Crippen molar-refractivity contribution in [2.24, 2.45) is 5.41 Å². The fourth-order valence-corrected chi connectivity index (χ4v) is 4.76. The van der Waals surface area contributed by atoms with Crippen LogP contribution >= 0.6 is 0 Å². The number of pyridine rings is 2. The third-order valence-corrected chi connectivity index (χ3v) is 7.18. The van der Waals surface area contributed by atoms with Gasteiger partial charge in [-0.05, 0) is 30.5 Å². The van der Waals surface area contributed by atoms with Crippen LogP contribution in [0.5, 0.6) is 0 Å². The van der Waals surface area contributed by atoms with E-state index in [4.69, 9.17) is 4.74 Å². The quantitative estimate of drug-likeness (QED) is 0.214. The van der Waals surface area contributed by atoms with Crippen LogP contribution in [0.25, 0.3) is 10.9 Å². The van der Waals surface area contributed by atoms with Gasteiger partial charge in [-0.3, -0.25) is 4.98 Å². The van der Waals surface area contributed by atoms with E-state index in [1.165, 1.54) is 24.5 Å². The predicted octanol–water partition coefficient (Wildman–Crippen LogP) is 5.36. The zero-order valence-corrected chi connectivity index (χ0v) is 23.7. The lowest BCUT2D eigenvalue weighted by atomic mass is 9.96.